The van der Waals surface area contributed by atoms with Gasteiger partial charge < -0.3 is 14.8 Å². The van der Waals surface area contributed by atoms with Crippen molar-refractivity contribution in [3.05, 3.63) is 65.4 Å². The van der Waals surface area contributed by atoms with Gasteiger partial charge in [-0.1, -0.05) is 6.07 Å². The second kappa shape index (κ2) is 8.61. The molecule has 31 heavy (non-hydrogen) atoms. The van der Waals surface area contributed by atoms with E-state index in [0.29, 0.717) is 18.5 Å². The molecule has 6 heteroatoms. The number of likely N-dealkylation sites (tertiary alicyclic amines) is 1. The molecule has 1 fully saturated rings. The molecule has 0 unspecified atom stereocenters. The number of piperidine rings is 1. The SMILES string of the molecule is C[C@@H]1C[C@H](c2cc3cc(F)ccc3s2)CCN1C[C@H](O)COc1cccc2[nH]ccc12. The van der Waals surface area contributed by atoms with E-state index in [2.05, 4.69) is 22.9 Å². The standard InChI is InChI=1S/C25H27FN2O2S/c1-16-11-17(25-13-18-12-19(26)5-6-24(18)31-25)8-10-28(16)14-20(29)15-30-23-4-2-3-22-21(23)7-9-27-22/h2-7,9,12-13,16-17,20,27,29H,8,10-11,14-15H2,1H3/t16-,17-,20+/m1/s1. The molecule has 4 aromatic rings. The number of β-amino-alcohol motifs (C(OH)–C–C–N with tert-alkyl or cyclic N) is 1. The Labute approximate surface area is 185 Å². The van der Waals surface area contributed by atoms with E-state index < -0.39 is 6.10 Å². The molecule has 5 rings (SSSR count). The van der Waals surface area contributed by atoms with Crippen LogP contribution in [0.25, 0.3) is 21.0 Å². The molecule has 0 radical (unpaired) electrons. The zero-order valence-corrected chi connectivity index (χ0v) is 18.4. The Bertz CT molecular complexity index is 1190. The number of benzene rings is 2. The fourth-order valence-electron chi connectivity index (χ4n) is 4.68. The van der Waals surface area contributed by atoms with E-state index in [9.17, 15) is 9.50 Å². The van der Waals surface area contributed by atoms with Crippen LogP contribution in [0.1, 0.15) is 30.6 Å². The summed E-state index contributed by atoms with van der Waals surface area (Å²) in [5.41, 5.74) is 1.03. The van der Waals surface area contributed by atoms with Gasteiger partial charge in [-0.25, -0.2) is 4.39 Å². The summed E-state index contributed by atoms with van der Waals surface area (Å²) in [7, 11) is 0. The second-order valence-electron chi connectivity index (χ2n) is 8.56. The van der Waals surface area contributed by atoms with Crippen LogP contribution < -0.4 is 4.74 Å². The summed E-state index contributed by atoms with van der Waals surface area (Å²) in [5.74, 6) is 1.11. The second-order valence-corrected chi connectivity index (χ2v) is 9.67. The van der Waals surface area contributed by atoms with Crippen molar-refractivity contribution in [2.75, 3.05) is 19.7 Å². The topological polar surface area (TPSA) is 48.5 Å². The summed E-state index contributed by atoms with van der Waals surface area (Å²) in [5, 5.41) is 12.6. The molecule has 1 aliphatic rings. The van der Waals surface area contributed by atoms with E-state index in [0.717, 1.165) is 46.1 Å². The first-order chi connectivity index (χ1) is 15.1. The molecular weight excluding hydrogens is 411 g/mol. The quantitative estimate of drug-likeness (QED) is 0.416. The molecule has 3 atom stereocenters. The number of aliphatic hydroxyl groups excluding tert-OH is 1. The Hall–Kier alpha value is -2.41. The number of H-pyrrole nitrogens is 1. The first kappa shape index (κ1) is 20.5. The Morgan fingerprint density at radius 3 is 3.03 bits per heavy atom. The number of aromatic amines is 1. The van der Waals surface area contributed by atoms with Crippen LogP contribution >= 0.6 is 11.3 Å². The van der Waals surface area contributed by atoms with Gasteiger partial charge in [0, 0.05) is 39.3 Å². The first-order valence-electron chi connectivity index (χ1n) is 10.9. The lowest BCUT2D eigenvalue weighted by Crippen LogP contribution is -2.45. The van der Waals surface area contributed by atoms with Crippen LogP contribution in [0, 0.1) is 5.82 Å². The van der Waals surface area contributed by atoms with Crippen LogP contribution in [0.4, 0.5) is 4.39 Å². The smallest absolute Gasteiger partial charge is 0.128 e. The van der Waals surface area contributed by atoms with Crippen molar-refractivity contribution in [3.63, 3.8) is 0 Å². The number of thiophene rings is 1. The molecule has 0 aliphatic carbocycles. The molecule has 1 saturated heterocycles. The van der Waals surface area contributed by atoms with Crippen molar-refractivity contribution >= 4 is 32.3 Å². The molecule has 3 heterocycles. The minimum atomic E-state index is -0.541. The fraction of sp³-hybridized carbons (Fsp3) is 0.360. The number of aromatic nitrogens is 1. The molecule has 1 aliphatic heterocycles. The molecule has 4 nitrogen and oxygen atoms in total. The lowest BCUT2D eigenvalue weighted by Gasteiger charge is -2.38. The normalized spacial score (nSPS) is 21.0. The van der Waals surface area contributed by atoms with Crippen molar-refractivity contribution in [1.29, 1.82) is 0 Å². The average molecular weight is 439 g/mol. The summed E-state index contributed by atoms with van der Waals surface area (Å²) >= 11 is 1.78. The molecule has 162 valence electrons. The van der Waals surface area contributed by atoms with E-state index in [4.69, 9.17) is 4.74 Å². The zero-order valence-electron chi connectivity index (χ0n) is 17.6. The summed E-state index contributed by atoms with van der Waals surface area (Å²) < 4.78 is 20.6. The average Bonchev–Trinajstić information content (AvgIpc) is 3.40. The highest BCUT2D eigenvalue weighted by atomic mass is 32.1. The van der Waals surface area contributed by atoms with Crippen LogP contribution in [0.15, 0.2) is 54.7 Å². The van der Waals surface area contributed by atoms with E-state index in [1.165, 1.54) is 10.9 Å². The van der Waals surface area contributed by atoms with Crippen LogP contribution in [-0.2, 0) is 0 Å². The number of rotatable bonds is 6. The maximum Gasteiger partial charge on any atom is 0.128 e. The van der Waals surface area contributed by atoms with Gasteiger partial charge in [0.1, 0.15) is 24.3 Å². The summed E-state index contributed by atoms with van der Waals surface area (Å²) in [4.78, 5) is 6.88. The van der Waals surface area contributed by atoms with Crippen LogP contribution in [0.2, 0.25) is 0 Å². The lowest BCUT2D eigenvalue weighted by atomic mass is 9.90. The minimum Gasteiger partial charge on any atom is -0.490 e. The van der Waals surface area contributed by atoms with Crippen molar-refractivity contribution in [2.45, 2.75) is 37.8 Å². The van der Waals surface area contributed by atoms with Crippen molar-refractivity contribution in [3.8, 4) is 5.75 Å². The lowest BCUT2D eigenvalue weighted by molar-refractivity contribution is 0.0408. The maximum absolute atomic E-state index is 13.5. The first-order valence-corrected chi connectivity index (χ1v) is 11.7. The number of ether oxygens (including phenoxy) is 1. The third-order valence-corrected chi connectivity index (χ3v) is 7.62. The molecule has 0 spiro atoms. The van der Waals surface area contributed by atoms with Gasteiger partial charge in [0.15, 0.2) is 0 Å². The molecule has 2 N–H and O–H groups in total. The van der Waals surface area contributed by atoms with E-state index >= 15 is 0 Å². The Balaban J connectivity index is 1.17. The summed E-state index contributed by atoms with van der Waals surface area (Å²) in [6.07, 6.45) is 3.45. The van der Waals surface area contributed by atoms with Gasteiger partial charge in [0.2, 0.25) is 0 Å². The van der Waals surface area contributed by atoms with Gasteiger partial charge in [-0.2, -0.15) is 0 Å². The van der Waals surface area contributed by atoms with Gasteiger partial charge in [0.25, 0.3) is 0 Å². The Morgan fingerprint density at radius 2 is 2.16 bits per heavy atom. The van der Waals surface area contributed by atoms with Gasteiger partial charge in [-0.3, -0.25) is 4.90 Å². The van der Waals surface area contributed by atoms with Gasteiger partial charge in [-0.15, -0.1) is 11.3 Å². The number of hydrogen-bond acceptors (Lipinski definition) is 4. The number of halogens is 1. The number of hydrogen-bond donors (Lipinski definition) is 2. The van der Waals surface area contributed by atoms with Crippen molar-refractivity contribution in [2.24, 2.45) is 0 Å². The zero-order chi connectivity index (χ0) is 21.4. The summed E-state index contributed by atoms with van der Waals surface area (Å²) in [6, 6.07) is 15.5. The molecule has 2 aromatic carbocycles. The maximum atomic E-state index is 13.5. The Kier molecular flexibility index (Phi) is 5.69. The van der Waals surface area contributed by atoms with Gasteiger partial charge in [-0.05, 0) is 80.1 Å². The highest BCUT2D eigenvalue weighted by molar-refractivity contribution is 7.19. The molecular formula is C25H27FN2O2S. The van der Waals surface area contributed by atoms with Crippen molar-refractivity contribution in [1.82, 2.24) is 9.88 Å². The third-order valence-electron chi connectivity index (χ3n) is 6.34. The number of nitrogens with zero attached hydrogens (tertiary/aromatic N) is 1. The summed E-state index contributed by atoms with van der Waals surface area (Å²) in [6.45, 7) is 4.06. The van der Waals surface area contributed by atoms with Gasteiger partial charge in [0.05, 0.1) is 0 Å². The van der Waals surface area contributed by atoms with Gasteiger partial charge >= 0.3 is 0 Å². The van der Waals surface area contributed by atoms with Crippen LogP contribution in [-0.4, -0.2) is 46.8 Å². The monoisotopic (exact) mass is 438 g/mol. The predicted octanol–water partition coefficient (Wildman–Crippen LogP) is 5.53. The number of fused-ring (bicyclic) bond motifs is 2. The van der Waals surface area contributed by atoms with Crippen LogP contribution in [0.5, 0.6) is 5.75 Å². The third kappa shape index (κ3) is 4.33. The number of nitrogens with one attached hydrogen (secondary N) is 1. The Morgan fingerprint density at radius 1 is 1.26 bits per heavy atom. The minimum absolute atomic E-state index is 0.177. The van der Waals surface area contributed by atoms with E-state index in [1.807, 2.05) is 36.5 Å². The highest BCUT2D eigenvalue weighted by Crippen LogP contribution is 2.38. The highest BCUT2D eigenvalue weighted by Gasteiger charge is 2.28. The largest absolute Gasteiger partial charge is 0.490 e. The predicted molar refractivity (Wildman–Crippen MR) is 125 cm³/mol. The van der Waals surface area contributed by atoms with E-state index in [1.54, 1.807) is 17.4 Å². The molecule has 0 saturated carbocycles. The van der Waals surface area contributed by atoms with Crippen molar-refractivity contribution < 1.29 is 14.2 Å². The fourth-order valence-corrected chi connectivity index (χ4v) is 5.87. The molecule has 0 amide bonds. The number of aliphatic hydroxyl groups is 1. The molecule has 0 bridgehead atoms. The van der Waals surface area contributed by atoms with Crippen LogP contribution in [0.3, 0.4) is 0 Å². The van der Waals surface area contributed by atoms with E-state index in [-0.39, 0.29) is 12.4 Å². The molecule has 2 aromatic heterocycles.